The van der Waals surface area contributed by atoms with Crippen LogP contribution in [0.4, 0.5) is 0 Å². The Balaban J connectivity index is 1.53. The highest BCUT2D eigenvalue weighted by Crippen LogP contribution is 2.31. The predicted molar refractivity (Wildman–Crippen MR) is 127 cm³/mol. The van der Waals surface area contributed by atoms with Gasteiger partial charge in [-0.2, -0.15) is 0 Å². The number of benzene rings is 2. The van der Waals surface area contributed by atoms with Gasteiger partial charge in [0, 0.05) is 36.2 Å². The number of hydrogen-bond donors (Lipinski definition) is 0. The summed E-state index contributed by atoms with van der Waals surface area (Å²) in [6.07, 6.45) is 3.28. The average molecular weight is 472 g/mol. The first kappa shape index (κ1) is 22.8. The van der Waals surface area contributed by atoms with Gasteiger partial charge >= 0.3 is 0 Å². The highest BCUT2D eigenvalue weighted by Gasteiger charge is 2.42. The number of rotatable bonds is 6. The van der Waals surface area contributed by atoms with Crippen LogP contribution in [0.1, 0.15) is 42.9 Å². The number of carbonyl (C=O) groups excluding carboxylic acids is 1. The van der Waals surface area contributed by atoms with E-state index in [2.05, 4.69) is 34.9 Å². The number of hydrogen-bond acceptors (Lipinski definition) is 4. The maximum absolute atomic E-state index is 13.5. The molecule has 4 rings (SSSR count). The molecular weight excluding hydrogens is 445 g/mol. The maximum atomic E-state index is 13.5. The van der Waals surface area contributed by atoms with E-state index in [1.807, 2.05) is 35.2 Å². The second-order valence-corrected chi connectivity index (χ2v) is 9.09. The van der Waals surface area contributed by atoms with Crippen LogP contribution in [0.5, 0.6) is 0 Å². The third-order valence-electron chi connectivity index (χ3n) is 6.34. The van der Waals surface area contributed by atoms with E-state index < -0.39 is 0 Å². The second kappa shape index (κ2) is 9.61. The smallest absolute Gasteiger partial charge is 0.294 e. The number of carbonyl (C=O) groups is 1. The molecule has 2 aromatic carbocycles. The molecule has 0 bridgehead atoms. The summed E-state index contributed by atoms with van der Waals surface area (Å²) in [6, 6.07) is 15.3. The van der Waals surface area contributed by atoms with Crippen molar-refractivity contribution in [1.29, 1.82) is 0 Å². The normalized spacial score (nSPS) is 16.3. The van der Waals surface area contributed by atoms with Crippen molar-refractivity contribution in [2.45, 2.75) is 38.8 Å². The number of piperazine rings is 1. The minimum atomic E-state index is -0.268. The predicted octanol–water partition coefficient (Wildman–Crippen LogP) is 5.09. The van der Waals surface area contributed by atoms with Gasteiger partial charge in [0.25, 0.3) is 5.91 Å². The van der Waals surface area contributed by atoms with Gasteiger partial charge in [0.15, 0.2) is 0 Å². The van der Waals surface area contributed by atoms with Gasteiger partial charge in [-0.15, -0.1) is 5.10 Å². The van der Waals surface area contributed by atoms with Crippen molar-refractivity contribution in [3.8, 4) is 5.69 Å². The van der Waals surface area contributed by atoms with Crippen molar-refractivity contribution >= 4 is 29.1 Å². The summed E-state index contributed by atoms with van der Waals surface area (Å²) >= 11 is 12.3. The molecule has 1 amide bonds. The molecule has 1 aliphatic heterocycles. The lowest BCUT2D eigenvalue weighted by Crippen LogP contribution is -2.63. The lowest BCUT2D eigenvalue weighted by molar-refractivity contribution is -0.00458. The number of aromatic nitrogens is 3. The lowest BCUT2D eigenvalue weighted by Gasteiger charge is -2.50. The molecule has 32 heavy (non-hydrogen) atoms. The molecule has 6 nitrogen and oxygen atoms in total. The quantitative estimate of drug-likeness (QED) is 0.502. The van der Waals surface area contributed by atoms with E-state index in [9.17, 15) is 4.79 Å². The summed E-state index contributed by atoms with van der Waals surface area (Å²) in [5.74, 6) is 0.0800. The largest absolute Gasteiger partial charge is 0.328 e. The maximum Gasteiger partial charge on any atom is 0.294 e. The van der Waals surface area contributed by atoms with Gasteiger partial charge < -0.3 is 4.90 Å². The van der Waals surface area contributed by atoms with E-state index >= 15 is 0 Å². The third-order valence-corrected chi connectivity index (χ3v) is 6.81. The van der Waals surface area contributed by atoms with Gasteiger partial charge in [-0.1, -0.05) is 55.2 Å². The van der Waals surface area contributed by atoms with E-state index in [1.165, 1.54) is 5.56 Å². The monoisotopic (exact) mass is 471 g/mol. The molecule has 0 aliphatic carbocycles. The molecule has 1 saturated heterocycles. The minimum absolute atomic E-state index is 0.128. The van der Waals surface area contributed by atoms with Crippen LogP contribution < -0.4 is 0 Å². The first-order valence-electron chi connectivity index (χ1n) is 10.9. The minimum Gasteiger partial charge on any atom is -0.328 e. The van der Waals surface area contributed by atoms with E-state index in [4.69, 9.17) is 23.2 Å². The summed E-state index contributed by atoms with van der Waals surface area (Å²) in [7, 11) is 0. The zero-order valence-electron chi connectivity index (χ0n) is 18.3. The van der Waals surface area contributed by atoms with Crippen LogP contribution in [0.3, 0.4) is 0 Å². The van der Waals surface area contributed by atoms with Gasteiger partial charge in [0.1, 0.15) is 6.33 Å². The first-order valence-corrected chi connectivity index (χ1v) is 11.7. The molecule has 0 radical (unpaired) electrons. The summed E-state index contributed by atoms with van der Waals surface area (Å²) in [5.41, 5.74) is 1.68. The van der Waals surface area contributed by atoms with Gasteiger partial charge in [-0.05, 0) is 48.7 Å². The van der Waals surface area contributed by atoms with Crippen LogP contribution in [0.25, 0.3) is 5.69 Å². The standard InChI is InChI=1S/C24H27Cl2N5O/c1-3-24(4-2)16-29(15-18-7-5-8-19(25)13-18)11-12-30(24)23(32)22-27-17-31(28-22)21-10-6-9-20(26)14-21/h5-10,13-14,17H,3-4,11-12,15-16H2,1-2H3. The van der Waals surface area contributed by atoms with Gasteiger partial charge in [0.05, 0.1) is 11.2 Å². The van der Waals surface area contributed by atoms with Crippen LogP contribution in [0.2, 0.25) is 10.0 Å². The van der Waals surface area contributed by atoms with Crippen molar-refractivity contribution in [3.05, 3.63) is 76.3 Å². The summed E-state index contributed by atoms with van der Waals surface area (Å²) in [4.78, 5) is 22.2. The Morgan fingerprint density at radius 2 is 1.75 bits per heavy atom. The molecule has 1 aliphatic rings. The topological polar surface area (TPSA) is 54.3 Å². The summed E-state index contributed by atoms with van der Waals surface area (Å²) in [5, 5.41) is 5.81. The molecule has 0 N–H and O–H groups in total. The Bertz CT molecular complexity index is 1100. The van der Waals surface area contributed by atoms with Crippen molar-refractivity contribution in [2.24, 2.45) is 0 Å². The van der Waals surface area contributed by atoms with Crippen molar-refractivity contribution in [2.75, 3.05) is 19.6 Å². The molecule has 1 fully saturated rings. The highest BCUT2D eigenvalue weighted by molar-refractivity contribution is 6.31. The van der Waals surface area contributed by atoms with E-state index in [-0.39, 0.29) is 17.3 Å². The molecule has 8 heteroatoms. The zero-order chi connectivity index (χ0) is 22.7. The fraction of sp³-hybridized carbons (Fsp3) is 0.375. The Hall–Kier alpha value is -2.41. The molecular formula is C24H27Cl2N5O. The van der Waals surface area contributed by atoms with E-state index in [0.717, 1.165) is 43.2 Å². The summed E-state index contributed by atoms with van der Waals surface area (Å²) in [6.45, 7) is 7.32. The number of nitrogens with zero attached hydrogens (tertiary/aromatic N) is 5. The van der Waals surface area contributed by atoms with Gasteiger partial charge in [0.2, 0.25) is 5.82 Å². The molecule has 0 unspecified atom stereocenters. The number of amides is 1. The van der Waals surface area contributed by atoms with Gasteiger partial charge in [-0.3, -0.25) is 9.69 Å². The highest BCUT2D eigenvalue weighted by atomic mass is 35.5. The second-order valence-electron chi connectivity index (χ2n) is 8.22. The van der Waals surface area contributed by atoms with Crippen molar-refractivity contribution in [1.82, 2.24) is 24.6 Å². The van der Waals surface area contributed by atoms with E-state index in [0.29, 0.717) is 11.6 Å². The molecule has 2 heterocycles. The fourth-order valence-corrected chi connectivity index (χ4v) is 4.88. The average Bonchev–Trinajstić information content (AvgIpc) is 3.29. The summed E-state index contributed by atoms with van der Waals surface area (Å²) < 4.78 is 1.59. The first-order chi connectivity index (χ1) is 15.4. The van der Waals surface area contributed by atoms with E-state index in [1.54, 1.807) is 23.1 Å². The molecule has 0 atom stereocenters. The fourth-order valence-electron chi connectivity index (χ4n) is 4.48. The molecule has 0 spiro atoms. The Morgan fingerprint density at radius 1 is 1.03 bits per heavy atom. The Morgan fingerprint density at radius 3 is 2.44 bits per heavy atom. The van der Waals surface area contributed by atoms with Crippen molar-refractivity contribution in [3.63, 3.8) is 0 Å². The van der Waals surface area contributed by atoms with Crippen LogP contribution in [0, 0.1) is 0 Å². The Kier molecular flexibility index (Phi) is 6.84. The zero-order valence-corrected chi connectivity index (χ0v) is 19.9. The van der Waals surface area contributed by atoms with Crippen LogP contribution in [-0.4, -0.2) is 55.6 Å². The van der Waals surface area contributed by atoms with Crippen LogP contribution >= 0.6 is 23.2 Å². The molecule has 3 aromatic rings. The lowest BCUT2D eigenvalue weighted by atomic mass is 9.87. The van der Waals surface area contributed by atoms with Crippen LogP contribution in [0.15, 0.2) is 54.9 Å². The van der Waals surface area contributed by atoms with Crippen molar-refractivity contribution < 1.29 is 4.79 Å². The Labute approximate surface area is 198 Å². The molecule has 168 valence electrons. The molecule has 1 aromatic heterocycles. The van der Waals surface area contributed by atoms with Crippen LogP contribution in [-0.2, 0) is 6.54 Å². The third kappa shape index (κ3) is 4.68. The van der Waals surface area contributed by atoms with Gasteiger partial charge in [-0.25, -0.2) is 9.67 Å². The number of halogens is 2. The SMILES string of the molecule is CCC1(CC)CN(Cc2cccc(Cl)c2)CCN1C(=O)c1ncn(-c2cccc(Cl)c2)n1. The molecule has 0 saturated carbocycles.